The van der Waals surface area contributed by atoms with Crippen molar-refractivity contribution in [2.75, 3.05) is 12.4 Å². The maximum absolute atomic E-state index is 5.95. The van der Waals surface area contributed by atoms with Crippen LogP contribution in [0.4, 0.5) is 0 Å². The van der Waals surface area contributed by atoms with Gasteiger partial charge in [-0.1, -0.05) is 18.9 Å². The van der Waals surface area contributed by atoms with Crippen LogP contribution in [-0.2, 0) is 6.54 Å². The van der Waals surface area contributed by atoms with Crippen molar-refractivity contribution in [3.63, 3.8) is 0 Å². The van der Waals surface area contributed by atoms with Crippen LogP contribution < -0.4 is 0 Å². The quantitative estimate of drug-likeness (QED) is 0.782. The van der Waals surface area contributed by atoms with Crippen LogP contribution >= 0.6 is 11.6 Å². The minimum Gasteiger partial charge on any atom is -0.307 e. The molecule has 0 unspecified atom stereocenters. The van der Waals surface area contributed by atoms with E-state index >= 15 is 0 Å². The average Bonchev–Trinajstić information content (AvgIpc) is 3.07. The first-order valence-corrected chi connectivity index (χ1v) is 7.63. The van der Waals surface area contributed by atoms with Crippen LogP contribution in [0.5, 0.6) is 0 Å². The van der Waals surface area contributed by atoms with E-state index < -0.39 is 0 Å². The van der Waals surface area contributed by atoms with Crippen LogP contribution in [0.1, 0.15) is 31.4 Å². The fourth-order valence-electron chi connectivity index (χ4n) is 3.04. The van der Waals surface area contributed by atoms with Crippen molar-refractivity contribution in [1.29, 1.82) is 0 Å². The van der Waals surface area contributed by atoms with Gasteiger partial charge in [-0.25, -0.2) is 4.98 Å². The van der Waals surface area contributed by atoms with Crippen molar-refractivity contribution >= 4 is 17.2 Å². The molecule has 0 N–H and O–H groups in total. The molecule has 1 aliphatic rings. The van der Waals surface area contributed by atoms with Crippen LogP contribution in [0.2, 0.25) is 0 Å². The molecule has 4 heteroatoms. The van der Waals surface area contributed by atoms with E-state index in [1.807, 2.05) is 24.4 Å². The predicted molar refractivity (Wildman–Crippen MR) is 78.6 cm³/mol. The van der Waals surface area contributed by atoms with Crippen LogP contribution in [-0.4, -0.2) is 32.8 Å². The van der Waals surface area contributed by atoms with E-state index in [0.717, 1.165) is 24.4 Å². The summed E-state index contributed by atoms with van der Waals surface area (Å²) in [6.45, 7) is 1.87. The second kappa shape index (κ2) is 5.93. The van der Waals surface area contributed by atoms with Crippen molar-refractivity contribution in [3.05, 3.63) is 36.3 Å². The highest BCUT2D eigenvalue weighted by molar-refractivity contribution is 6.18. The van der Waals surface area contributed by atoms with E-state index in [1.165, 1.54) is 25.7 Å². The number of imidazole rings is 1. The van der Waals surface area contributed by atoms with Gasteiger partial charge in [-0.3, -0.25) is 4.90 Å². The molecular weight excluding hydrogens is 258 g/mol. The molecule has 2 aromatic rings. The number of rotatable bonds is 5. The molecule has 1 fully saturated rings. The molecule has 0 aliphatic heterocycles. The Morgan fingerprint density at radius 3 is 2.89 bits per heavy atom. The van der Waals surface area contributed by atoms with E-state index in [2.05, 4.69) is 20.5 Å². The van der Waals surface area contributed by atoms with Crippen LogP contribution in [0.15, 0.2) is 30.6 Å². The molecule has 1 aliphatic carbocycles. The van der Waals surface area contributed by atoms with Gasteiger partial charge in [0.1, 0.15) is 5.65 Å². The molecule has 2 heterocycles. The van der Waals surface area contributed by atoms with Crippen molar-refractivity contribution in [3.8, 4) is 0 Å². The SMILES string of the molecule is ClCCN(Cc1cn2ccccc2n1)C1CCCC1. The Kier molecular flexibility index (Phi) is 4.04. The summed E-state index contributed by atoms with van der Waals surface area (Å²) in [7, 11) is 0. The molecule has 3 rings (SSSR count). The monoisotopic (exact) mass is 277 g/mol. The summed E-state index contributed by atoms with van der Waals surface area (Å²) in [6.07, 6.45) is 9.51. The first kappa shape index (κ1) is 12.9. The molecule has 0 bridgehead atoms. The maximum atomic E-state index is 5.95. The highest BCUT2D eigenvalue weighted by atomic mass is 35.5. The smallest absolute Gasteiger partial charge is 0.137 e. The zero-order chi connectivity index (χ0) is 13.1. The van der Waals surface area contributed by atoms with Gasteiger partial charge in [0.25, 0.3) is 0 Å². The third-order valence-electron chi connectivity index (χ3n) is 3.99. The predicted octanol–water partition coefficient (Wildman–Crippen LogP) is 3.32. The Hall–Kier alpha value is -1.06. The first-order valence-electron chi connectivity index (χ1n) is 7.09. The summed E-state index contributed by atoms with van der Waals surface area (Å²) < 4.78 is 2.09. The molecule has 2 aromatic heterocycles. The molecule has 102 valence electrons. The zero-order valence-corrected chi connectivity index (χ0v) is 11.9. The van der Waals surface area contributed by atoms with Crippen LogP contribution in [0.25, 0.3) is 5.65 Å². The van der Waals surface area contributed by atoms with Gasteiger partial charge >= 0.3 is 0 Å². The second-order valence-corrected chi connectivity index (χ2v) is 5.67. The Bertz CT molecular complexity index is 498. The van der Waals surface area contributed by atoms with Crippen molar-refractivity contribution in [2.24, 2.45) is 0 Å². The van der Waals surface area contributed by atoms with Gasteiger partial charge in [0, 0.05) is 37.4 Å². The van der Waals surface area contributed by atoms with E-state index in [1.54, 1.807) is 0 Å². The minimum atomic E-state index is 0.698. The van der Waals surface area contributed by atoms with Gasteiger partial charge in [-0.2, -0.15) is 0 Å². The summed E-state index contributed by atoms with van der Waals surface area (Å²) in [5, 5.41) is 0. The molecule has 0 radical (unpaired) electrons. The number of hydrogen-bond acceptors (Lipinski definition) is 2. The summed E-state index contributed by atoms with van der Waals surface area (Å²) in [5.74, 6) is 0.698. The summed E-state index contributed by atoms with van der Waals surface area (Å²) in [5.41, 5.74) is 2.16. The number of aromatic nitrogens is 2. The molecule has 0 saturated heterocycles. The largest absolute Gasteiger partial charge is 0.307 e. The van der Waals surface area contributed by atoms with Gasteiger partial charge in [0.05, 0.1) is 5.69 Å². The van der Waals surface area contributed by atoms with E-state index in [-0.39, 0.29) is 0 Å². The fourth-order valence-corrected chi connectivity index (χ4v) is 3.26. The molecule has 3 nitrogen and oxygen atoms in total. The lowest BCUT2D eigenvalue weighted by Crippen LogP contribution is -2.34. The van der Waals surface area contributed by atoms with Crippen molar-refractivity contribution < 1.29 is 0 Å². The number of nitrogens with zero attached hydrogens (tertiary/aromatic N) is 3. The minimum absolute atomic E-state index is 0.698. The number of hydrogen-bond donors (Lipinski definition) is 0. The molecule has 1 saturated carbocycles. The molecule has 0 aromatic carbocycles. The Labute approximate surface area is 119 Å². The molecular formula is C15H20ClN3. The third-order valence-corrected chi connectivity index (χ3v) is 4.16. The Morgan fingerprint density at radius 2 is 2.16 bits per heavy atom. The zero-order valence-electron chi connectivity index (χ0n) is 11.1. The number of fused-ring (bicyclic) bond motifs is 1. The average molecular weight is 278 g/mol. The van der Waals surface area contributed by atoms with Gasteiger partial charge in [-0.15, -0.1) is 11.6 Å². The van der Waals surface area contributed by atoms with E-state index in [4.69, 9.17) is 11.6 Å². The lowest BCUT2D eigenvalue weighted by atomic mass is 10.2. The third kappa shape index (κ3) is 2.93. The molecule has 0 amide bonds. The highest BCUT2D eigenvalue weighted by Crippen LogP contribution is 2.24. The molecule has 19 heavy (non-hydrogen) atoms. The first-order chi connectivity index (χ1) is 9.36. The standard InChI is InChI=1S/C15H20ClN3/c16-8-10-18(14-5-1-2-6-14)11-13-12-19-9-4-3-7-15(19)17-13/h3-4,7,9,12,14H,1-2,5-6,8,10-11H2. The molecule has 0 spiro atoms. The normalized spacial score (nSPS) is 16.7. The highest BCUT2D eigenvalue weighted by Gasteiger charge is 2.22. The van der Waals surface area contributed by atoms with Crippen molar-refractivity contribution in [1.82, 2.24) is 14.3 Å². The topological polar surface area (TPSA) is 20.5 Å². The van der Waals surface area contributed by atoms with Crippen molar-refractivity contribution in [2.45, 2.75) is 38.3 Å². The van der Waals surface area contributed by atoms with E-state index in [9.17, 15) is 0 Å². The maximum Gasteiger partial charge on any atom is 0.137 e. The summed E-state index contributed by atoms with van der Waals surface area (Å²) in [4.78, 5) is 7.19. The van der Waals surface area contributed by atoms with Crippen LogP contribution in [0, 0.1) is 0 Å². The second-order valence-electron chi connectivity index (χ2n) is 5.30. The number of alkyl halides is 1. The lowest BCUT2D eigenvalue weighted by Gasteiger charge is -2.27. The Morgan fingerprint density at radius 1 is 1.32 bits per heavy atom. The number of pyridine rings is 1. The van der Waals surface area contributed by atoms with Gasteiger partial charge in [-0.05, 0) is 25.0 Å². The van der Waals surface area contributed by atoms with E-state index in [0.29, 0.717) is 11.9 Å². The Balaban J connectivity index is 1.76. The summed E-state index contributed by atoms with van der Waals surface area (Å²) >= 11 is 5.95. The van der Waals surface area contributed by atoms with Gasteiger partial charge in [0.2, 0.25) is 0 Å². The molecule has 0 atom stereocenters. The van der Waals surface area contributed by atoms with Gasteiger partial charge < -0.3 is 4.40 Å². The van der Waals surface area contributed by atoms with Crippen LogP contribution in [0.3, 0.4) is 0 Å². The fraction of sp³-hybridized carbons (Fsp3) is 0.533. The lowest BCUT2D eigenvalue weighted by molar-refractivity contribution is 0.199. The summed E-state index contributed by atoms with van der Waals surface area (Å²) in [6, 6.07) is 6.81. The van der Waals surface area contributed by atoms with Gasteiger partial charge in [0.15, 0.2) is 0 Å². The number of halogens is 1.